The molecule has 0 aromatic heterocycles. The molecule has 14 nitrogen and oxygen atoms in total. The predicted molar refractivity (Wildman–Crippen MR) is 148 cm³/mol. The van der Waals surface area contributed by atoms with Crippen LogP contribution in [0.4, 0.5) is 15.8 Å². The first kappa shape index (κ1) is 45.8. The maximum absolute atomic E-state index is 10.6. The van der Waals surface area contributed by atoms with Crippen LogP contribution in [0, 0.1) is 20.2 Å². The van der Waals surface area contributed by atoms with Crippen LogP contribution in [0.5, 0.6) is 11.5 Å². The number of nitrogens with zero attached hydrogens (tertiary/aromatic N) is 2. The SMILES string of the molecule is CC1(C)OCC(CCl)O1.CC1(C)OC[C@H](COc2cccc([N+](=O)[O-])c2)O1.O=C[O-].O=[N+]([O-])c1cccc(O)c1.[2H]CF.[H-].[K+].[K+]. The number of aromatic hydroxyl groups is 1. The Morgan fingerprint density at radius 3 is 1.80 bits per heavy atom. The molecular weight excluding hydrogens is 665 g/mol. The van der Waals surface area contributed by atoms with Crippen molar-refractivity contribution < 1.29 is 158 Å². The van der Waals surface area contributed by atoms with Gasteiger partial charge in [0.25, 0.3) is 11.4 Å². The van der Waals surface area contributed by atoms with Crippen LogP contribution in [0.1, 0.15) is 30.5 Å². The molecule has 2 aliphatic rings. The molecule has 0 spiro atoms. The van der Waals surface area contributed by atoms with E-state index in [1.54, 1.807) is 12.1 Å². The summed E-state index contributed by atoms with van der Waals surface area (Å²) in [5.41, 5.74) is -0.0866. The molecule has 0 saturated carbocycles. The average molecular weight is 702 g/mol. The second-order valence-electron chi connectivity index (χ2n) is 8.99. The molecule has 2 aromatic rings. The smallest absolute Gasteiger partial charge is 1.00 e. The van der Waals surface area contributed by atoms with Gasteiger partial charge < -0.3 is 40.1 Å². The standard InChI is InChI=1S/C12H15NO5.C6H11ClO2.C6H5NO3.CH3F.CH2O2.2K.H/c1-12(2)17-8-11(18-12)7-16-10-5-3-4-9(6-10)13(14)15;1-6(2)8-4-5(3-7)9-6;8-6-3-1-2-5(4-6)7(9)10;1-2;2-1-3;;;/h3-6,11H,7-8H2,1-2H3;5H,3-4H2,1-2H3;1-4,8H;1H3;1H,(H,2,3);;;/q;;;;;2*+1;-1/p-1/t11-;;;;;;;/m0......./s1/i;;;1D;;;;. The van der Waals surface area contributed by atoms with Crippen molar-refractivity contribution in [3.63, 3.8) is 0 Å². The minimum Gasteiger partial charge on any atom is -1.00 e. The van der Waals surface area contributed by atoms with E-state index < -0.39 is 35.0 Å². The van der Waals surface area contributed by atoms with Gasteiger partial charge in [0.1, 0.15) is 24.2 Å². The van der Waals surface area contributed by atoms with Crippen LogP contribution in [0.25, 0.3) is 0 Å². The number of benzene rings is 2. The summed E-state index contributed by atoms with van der Waals surface area (Å²) < 4.78 is 42.5. The third-order valence-corrected chi connectivity index (χ3v) is 5.16. The van der Waals surface area contributed by atoms with Crippen LogP contribution < -0.4 is 113 Å². The summed E-state index contributed by atoms with van der Waals surface area (Å²) in [5, 5.41) is 37.7. The molecule has 2 atom stereocenters. The van der Waals surface area contributed by atoms with Crippen LogP contribution in [0.15, 0.2) is 48.5 Å². The monoisotopic (exact) mass is 701 g/mol. The quantitative estimate of drug-likeness (QED) is 0.113. The fraction of sp³-hybridized carbons (Fsp3) is 0.500. The maximum atomic E-state index is 10.6. The number of carboxylic acid groups (broad SMARTS) is 1. The Kier molecular flexibility index (Phi) is 26.7. The van der Waals surface area contributed by atoms with E-state index in [4.69, 9.17) is 51.7 Å². The van der Waals surface area contributed by atoms with Gasteiger partial charge in [-0.2, -0.15) is 0 Å². The summed E-state index contributed by atoms with van der Waals surface area (Å²) >= 11 is 5.53. The Balaban J connectivity index is -0.000000271. The van der Waals surface area contributed by atoms with Crippen molar-refractivity contribution in [3.8, 4) is 11.5 Å². The number of hydrogen-bond acceptors (Lipinski definition) is 12. The van der Waals surface area contributed by atoms with Gasteiger partial charge in [0, 0.05) is 18.6 Å². The van der Waals surface area contributed by atoms with E-state index in [0.717, 1.165) is 6.07 Å². The minimum absolute atomic E-state index is 0. The van der Waals surface area contributed by atoms with Gasteiger partial charge in [-0.05, 0) is 39.8 Å². The Labute approximate surface area is 347 Å². The van der Waals surface area contributed by atoms with E-state index in [1.165, 1.54) is 30.3 Å². The molecule has 0 bridgehead atoms. The van der Waals surface area contributed by atoms with Crippen molar-refractivity contribution in [1.29, 1.82) is 0 Å². The summed E-state index contributed by atoms with van der Waals surface area (Å²) in [6.07, 6.45) is -0.0686. The molecule has 44 heavy (non-hydrogen) atoms. The molecule has 2 fully saturated rings. The van der Waals surface area contributed by atoms with E-state index in [1.807, 2.05) is 27.7 Å². The van der Waals surface area contributed by atoms with Gasteiger partial charge in [-0.3, -0.25) is 24.6 Å². The molecule has 1 unspecified atom stereocenters. The van der Waals surface area contributed by atoms with Gasteiger partial charge >= 0.3 is 103 Å². The first-order valence-electron chi connectivity index (χ1n) is 12.7. The number of nitro groups is 2. The molecule has 2 heterocycles. The van der Waals surface area contributed by atoms with Gasteiger partial charge in [0.15, 0.2) is 11.6 Å². The number of alkyl halides is 2. The van der Waals surface area contributed by atoms with Crippen molar-refractivity contribution in [2.45, 2.75) is 51.5 Å². The van der Waals surface area contributed by atoms with Crippen LogP contribution in [0.3, 0.4) is 0 Å². The molecule has 18 heteroatoms. The average Bonchev–Trinajstić information content (AvgIpc) is 3.49. The van der Waals surface area contributed by atoms with E-state index in [9.17, 15) is 24.6 Å². The molecule has 0 aliphatic carbocycles. The Morgan fingerprint density at radius 1 is 1.02 bits per heavy atom. The van der Waals surface area contributed by atoms with Crippen LogP contribution in [0.2, 0.25) is 0 Å². The zero-order valence-electron chi connectivity index (χ0n) is 27.5. The number of non-ortho nitro benzene ring substituents is 2. The fourth-order valence-corrected chi connectivity index (χ4v) is 3.32. The molecule has 0 amide bonds. The summed E-state index contributed by atoms with van der Waals surface area (Å²) in [4.78, 5) is 27.9. The number of ether oxygens (including phenoxy) is 5. The Bertz CT molecular complexity index is 1150. The second-order valence-corrected chi connectivity index (χ2v) is 9.30. The zero-order chi connectivity index (χ0) is 33.1. The minimum atomic E-state index is -1.00. The first-order chi connectivity index (χ1) is 20.1. The van der Waals surface area contributed by atoms with Gasteiger partial charge in [0.05, 0.1) is 55.7 Å². The first-order valence-corrected chi connectivity index (χ1v) is 12.6. The predicted octanol–water partition coefficient (Wildman–Crippen LogP) is -2.13. The fourth-order valence-electron chi connectivity index (χ4n) is 3.17. The molecule has 2 saturated heterocycles. The third kappa shape index (κ3) is 21.4. The second kappa shape index (κ2) is 25.7. The van der Waals surface area contributed by atoms with Crippen molar-refractivity contribution in [1.82, 2.24) is 0 Å². The summed E-state index contributed by atoms with van der Waals surface area (Å²) in [5.74, 6) is -0.119. The Morgan fingerprint density at radius 2 is 1.45 bits per heavy atom. The molecular formula is C26H36ClFK2N2O12. The van der Waals surface area contributed by atoms with Gasteiger partial charge in [-0.15, -0.1) is 11.6 Å². The van der Waals surface area contributed by atoms with Crippen molar-refractivity contribution in [3.05, 3.63) is 68.8 Å². The molecule has 4 rings (SSSR count). The number of rotatable bonds is 6. The van der Waals surface area contributed by atoms with Crippen LogP contribution in [-0.4, -0.2) is 78.1 Å². The van der Waals surface area contributed by atoms with Gasteiger partial charge in [-0.25, -0.2) is 0 Å². The summed E-state index contributed by atoms with van der Waals surface area (Å²) in [6, 6.07) is 11.3. The number of halogens is 2. The van der Waals surface area contributed by atoms with E-state index in [-0.39, 0.29) is 134 Å². The number of hydrogen-bond donors (Lipinski definition) is 1. The van der Waals surface area contributed by atoms with Crippen LogP contribution in [-0.2, 0) is 23.7 Å². The van der Waals surface area contributed by atoms with Gasteiger partial charge in [0.2, 0.25) is 0 Å². The molecule has 238 valence electrons. The normalized spacial score (nSPS) is 18.5. The van der Waals surface area contributed by atoms with E-state index in [2.05, 4.69) is 0 Å². The number of nitro benzene ring substituents is 2. The van der Waals surface area contributed by atoms with Crippen molar-refractivity contribution in [2.24, 2.45) is 0 Å². The number of carbonyl (C=O) groups is 1. The topological polar surface area (TPSA) is 193 Å². The Hall–Kier alpha value is -0.357. The van der Waals surface area contributed by atoms with Crippen molar-refractivity contribution >= 4 is 29.4 Å². The van der Waals surface area contributed by atoms with E-state index >= 15 is 0 Å². The van der Waals surface area contributed by atoms with Gasteiger partial charge in [-0.1, -0.05) is 12.1 Å². The van der Waals surface area contributed by atoms with E-state index in [0.29, 0.717) is 31.5 Å². The third-order valence-electron chi connectivity index (χ3n) is 4.81. The number of phenols is 1. The molecule has 2 aliphatic heterocycles. The molecule has 1 N–H and O–H groups in total. The van der Waals surface area contributed by atoms with Crippen molar-refractivity contribution in [2.75, 3.05) is 32.9 Å². The zero-order valence-corrected chi connectivity index (χ0v) is 32.5. The number of carbonyl (C=O) groups excluding carboxylic acids is 1. The summed E-state index contributed by atoms with van der Waals surface area (Å²) in [7, 11) is -1.00. The molecule has 2 aromatic carbocycles. The number of phenolic OH excluding ortho intramolecular Hbond substituents is 1. The van der Waals surface area contributed by atoms with Crippen LogP contribution >= 0.6 is 11.6 Å². The summed E-state index contributed by atoms with van der Waals surface area (Å²) in [6.45, 7) is 8.34. The largest absolute Gasteiger partial charge is 1.00 e. The molecule has 0 radical (unpaired) electrons. The maximum Gasteiger partial charge on any atom is 1.00 e.